The number of hydrogen-bond donors (Lipinski definition) is 1. The summed E-state index contributed by atoms with van der Waals surface area (Å²) in [7, 11) is 1.59. The van der Waals surface area contributed by atoms with Gasteiger partial charge in [0.15, 0.2) is 17.4 Å². The Bertz CT molecular complexity index is 882. The minimum absolute atomic E-state index is 0.0382. The third kappa shape index (κ3) is 4.27. The molecule has 0 atom stereocenters. The Labute approximate surface area is 154 Å². The van der Waals surface area contributed by atoms with Crippen molar-refractivity contribution in [2.24, 2.45) is 13.0 Å². The highest BCUT2D eigenvalue weighted by atomic mass is 19.1. The largest absolute Gasteiger partial charge is 0.487 e. The molecule has 0 unspecified atom stereocenters. The molecular weight excluding hydrogens is 358 g/mol. The standard InChI is InChI=1S/C19H20F2N2O4/c1-22-5-4-13(10-17(22)24)14-8-15(20)18(16(21)9-14)27-11-12-2-6-23(7-3-12)19(25)26/h4-5,8-10,12H,2-3,6-7,11H2,1H3,(H,25,26). The van der Waals surface area contributed by atoms with E-state index in [0.29, 0.717) is 31.5 Å². The smallest absolute Gasteiger partial charge is 0.407 e. The number of halogens is 2. The molecule has 2 aromatic rings. The molecule has 0 aliphatic carbocycles. The van der Waals surface area contributed by atoms with Crippen molar-refractivity contribution in [1.29, 1.82) is 0 Å². The van der Waals surface area contributed by atoms with Crippen molar-refractivity contribution in [2.75, 3.05) is 19.7 Å². The van der Waals surface area contributed by atoms with Crippen molar-refractivity contribution in [3.63, 3.8) is 0 Å². The first-order valence-electron chi connectivity index (χ1n) is 8.62. The van der Waals surface area contributed by atoms with Crippen LogP contribution in [0.2, 0.25) is 0 Å². The average Bonchev–Trinajstić information content (AvgIpc) is 2.63. The van der Waals surface area contributed by atoms with Crippen LogP contribution < -0.4 is 10.3 Å². The van der Waals surface area contributed by atoms with Crippen LogP contribution in [0.4, 0.5) is 13.6 Å². The number of aromatic nitrogens is 1. The Morgan fingerprint density at radius 3 is 2.37 bits per heavy atom. The lowest BCUT2D eigenvalue weighted by Gasteiger charge is -2.29. The van der Waals surface area contributed by atoms with Crippen molar-refractivity contribution < 1.29 is 23.4 Å². The monoisotopic (exact) mass is 378 g/mol. The SMILES string of the molecule is Cn1ccc(-c2cc(F)c(OCC3CCN(C(=O)O)CC3)c(F)c2)cc1=O. The van der Waals surface area contributed by atoms with E-state index in [1.54, 1.807) is 13.1 Å². The van der Waals surface area contributed by atoms with Gasteiger partial charge in [0.05, 0.1) is 6.61 Å². The van der Waals surface area contributed by atoms with E-state index < -0.39 is 23.5 Å². The highest BCUT2D eigenvalue weighted by Crippen LogP contribution is 2.29. The molecule has 1 aromatic heterocycles. The third-order valence-electron chi connectivity index (χ3n) is 4.78. The topological polar surface area (TPSA) is 71.8 Å². The van der Waals surface area contributed by atoms with Crippen LogP contribution in [0.1, 0.15) is 12.8 Å². The fourth-order valence-electron chi connectivity index (χ4n) is 3.08. The number of rotatable bonds is 4. The average molecular weight is 378 g/mol. The van der Waals surface area contributed by atoms with Crippen LogP contribution in [0.3, 0.4) is 0 Å². The molecule has 1 fully saturated rings. The Morgan fingerprint density at radius 1 is 1.19 bits per heavy atom. The van der Waals surface area contributed by atoms with E-state index >= 15 is 0 Å². The molecule has 2 heterocycles. The molecule has 1 amide bonds. The number of carbonyl (C=O) groups is 1. The Kier molecular flexibility index (Phi) is 5.43. The number of nitrogens with zero attached hydrogens (tertiary/aromatic N) is 2. The number of likely N-dealkylation sites (tertiary alicyclic amines) is 1. The number of aryl methyl sites for hydroxylation is 1. The normalized spacial score (nSPS) is 15.0. The number of hydrogen-bond acceptors (Lipinski definition) is 3. The highest BCUT2D eigenvalue weighted by Gasteiger charge is 2.23. The molecule has 0 spiro atoms. The van der Waals surface area contributed by atoms with Crippen molar-refractivity contribution >= 4 is 6.09 Å². The zero-order valence-electron chi connectivity index (χ0n) is 14.8. The van der Waals surface area contributed by atoms with E-state index in [2.05, 4.69) is 0 Å². The van der Waals surface area contributed by atoms with E-state index in [1.165, 1.54) is 21.7 Å². The molecule has 0 saturated carbocycles. The van der Waals surface area contributed by atoms with Crippen molar-refractivity contribution in [1.82, 2.24) is 9.47 Å². The maximum absolute atomic E-state index is 14.4. The molecule has 1 aliphatic rings. The molecular formula is C19H20F2N2O4. The van der Waals surface area contributed by atoms with Crippen LogP contribution in [0, 0.1) is 17.6 Å². The zero-order valence-corrected chi connectivity index (χ0v) is 14.8. The van der Waals surface area contributed by atoms with Crippen LogP contribution in [0.25, 0.3) is 11.1 Å². The Hall–Kier alpha value is -2.90. The lowest BCUT2D eigenvalue weighted by atomic mass is 9.98. The van der Waals surface area contributed by atoms with Crippen molar-refractivity contribution in [3.05, 3.63) is 52.5 Å². The van der Waals surface area contributed by atoms with Gasteiger partial charge in [0.1, 0.15) is 0 Å². The first kappa shape index (κ1) is 18.9. The number of carboxylic acid groups (broad SMARTS) is 1. The molecule has 0 radical (unpaired) electrons. The summed E-state index contributed by atoms with van der Waals surface area (Å²) in [6.07, 6.45) is 1.74. The molecule has 1 aliphatic heterocycles. The summed E-state index contributed by atoms with van der Waals surface area (Å²) in [5, 5.41) is 8.93. The lowest BCUT2D eigenvalue weighted by Crippen LogP contribution is -2.38. The van der Waals surface area contributed by atoms with Gasteiger partial charge >= 0.3 is 6.09 Å². The molecule has 1 aromatic carbocycles. The van der Waals surface area contributed by atoms with Gasteiger partial charge in [0.25, 0.3) is 5.56 Å². The van der Waals surface area contributed by atoms with E-state index in [1.807, 2.05) is 0 Å². The minimum Gasteiger partial charge on any atom is -0.487 e. The van der Waals surface area contributed by atoms with Gasteiger partial charge in [0, 0.05) is 32.4 Å². The summed E-state index contributed by atoms with van der Waals surface area (Å²) in [6, 6.07) is 5.19. The van der Waals surface area contributed by atoms with Crippen molar-refractivity contribution in [2.45, 2.75) is 12.8 Å². The molecule has 6 nitrogen and oxygen atoms in total. The molecule has 1 saturated heterocycles. The highest BCUT2D eigenvalue weighted by molar-refractivity contribution is 5.65. The van der Waals surface area contributed by atoms with Crippen LogP contribution >= 0.6 is 0 Å². The number of piperidine rings is 1. The van der Waals surface area contributed by atoms with Gasteiger partial charge in [-0.05, 0) is 48.1 Å². The molecule has 3 rings (SSSR count). The van der Waals surface area contributed by atoms with Gasteiger partial charge in [-0.2, -0.15) is 0 Å². The maximum Gasteiger partial charge on any atom is 0.407 e. The van der Waals surface area contributed by atoms with Gasteiger partial charge < -0.3 is 19.3 Å². The number of pyridine rings is 1. The molecule has 0 bridgehead atoms. The van der Waals surface area contributed by atoms with Crippen LogP contribution in [0.5, 0.6) is 5.75 Å². The van der Waals surface area contributed by atoms with Gasteiger partial charge in [-0.25, -0.2) is 13.6 Å². The molecule has 27 heavy (non-hydrogen) atoms. The summed E-state index contributed by atoms with van der Waals surface area (Å²) >= 11 is 0. The van der Waals surface area contributed by atoms with E-state index in [0.717, 1.165) is 12.1 Å². The molecule has 8 heteroatoms. The van der Waals surface area contributed by atoms with Gasteiger partial charge in [0.2, 0.25) is 0 Å². The second kappa shape index (κ2) is 7.77. The quantitative estimate of drug-likeness (QED) is 0.888. The fourth-order valence-corrected chi connectivity index (χ4v) is 3.08. The number of ether oxygens (including phenoxy) is 1. The van der Waals surface area contributed by atoms with Crippen LogP contribution in [-0.2, 0) is 7.05 Å². The third-order valence-corrected chi connectivity index (χ3v) is 4.78. The Balaban J connectivity index is 1.69. The molecule has 144 valence electrons. The first-order chi connectivity index (χ1) is 12.8. The Morgan fingerprint density at radius 2 is 1.81 bits per heavy atom. The second-order valence-electron chi connectivity index (χ2n) is 6.66. The van der Waals surface area contributed by atoms with E-state index in [-0.39, 0.29) is 23.6 Å². The van der Waals surface area contributed by atoms with Crippen LogP contribution in [0.15, 0.2) is 35.3 Å². The minimum atomic E-state index is -0.960. The van der Waals surface area contributed by atoms with Gasteiger partial charge in [-0.1, -0.05) is 0 Å². The lowest BCUT2D eigenvalue weighted by molar-refractivity contribution is 0.110. The van der Waals surface area contributed by atoms with E-state index in [4.69, 9.17) is 9.84 Å². The summed E-state index contributed by atoms with van der Waals surface area (Å²) < 4.78 is 35.4. The van der Waals surface area contributed by atoms with E-state index in [9.17, 15) is 18.4 Å². The second-order valence-corrected chi connectivity index (χ2v) is 6.66. The number of amides is 1. The fraction of sp³-hybridized carbons (Fsp3) is 0.368. The number of benzene rings is 1. The van der Waals surface area contributed by atoms with Crippen molar-refractivity contribution in [3.8, 4) is 16.9 Å². The summed E-state index contributed by atoms with van der Waals surface area (Å²) in [5.74, 6) is -2.10. The van der Waals surface area contributed by atoms with Gasteiger partial charge in [-0.15, -0.1) is 0 Å². The first-order valence-corrected chi connectivity index (χ1v) is 8.62. The predicted octanol–water partition coefficient (Wildman–Crippen LogP) is 3.10. The maximum atomic E-state index is 14.4. The van der Waals surface area contributed by atoms with Crippen LogP contribution in [-0.4, -0.2) is 40.4 Å². The zero-order chi connectivity index (χ0) is 19.6. The van der Waals surface area contributed by atoms with Gasteiger partial charge in [-0.3, -0.25) is 4.79 Å². The summed E-state index contributed by atoms with van der Waals surface area (Å²) in [6.45, 7) is 0.888. The molecule has 1 N–H and O–H groups in total. The summed E-state index contributed by atoms with van der Waals surface area (Å²) in [5.41, 5.74) is 0.398. The summed E-state index contributed by atoms with van der Waals surface area (Å²) in [4.78, 5) is 23.9. The predicted molar refractivity (Wildman–Crippen MR) is 94.9 cm³/mol.